The quantitative estimate of drug-likeness (QED) is 0.570. The fourth-order valence-electron chi connectivity index (χ4n) is 5.69. The molecule has 3 aliphatic heterocycles. The van der Waals surface area contributed by atoms with Crippen LogP contribution in [0.3, 0.4) is 0 Å². The Bertz CT molecular complexity index is 1080. The van der Waals surface area contributed by atoms with Gasteiger partial charge in [-0.3, -0.25) is 9.80 Å². The van der Waals surface area contributed by atoms with Crippen LogP contribution >= 0.6 is 0 Å². The number of hydrogen-bond acceptors (Lipinski definition) is 7. The molecular weight excluding hydrogens is 414 g/mol. The van der Waals surface area contributed by atoms with Gasteiger partial charge in [0.1, 0.15) is 0 Å². The third kappa shape index (κ3) is 4.57. The van der Waals surface area contributed by atoms with Crippen molar-refractivity contribution >= 4 is 16.8 Å². The topological polar surface area (TPSA) is 57.9 Å². The number of likely N-dealkylation sites (tertiary alicyclic amines) is 1. The van der Waals surface area contributed by atoms with Gasteiger partial charge in [-0.25, -0.2) is 4.98 Å². The lowest BCUT2D eigenvalue weighted by Gasteiger charge is -2.46. The predicted octanol–water partition coefficient (Wildman–Crippen LogP) is 3.80. The van der Waals surface area contributed by atoms with Gasteiger partial charge in [0.25, 0.3) is 0 Å². The molecule has 0 N–H and O–H groups in total. The number of aromatic nitrogens is 2. The second-order valence-corrected chi connectivity index (χ2v) is 9.80. The van der Waals surface area contributed by atoms with Crippen molar-refractivity contribution in [2.24, 2.45) is 5.92 Å². The monoisotopic (exact) mass is 447 g/mol. The molecule has 174 valence electrons. The van der Waals surface area contributed by atoms with E-state index in [9.17, 15) is 0 Å². The number of anilines is 1. The predicted molar refractivity (Wildman–Crippen MR) is 129 cm³/mol. The third-order valence-electron chi connectivity index (χ3n) is 7.50. The van der Waals surface area contributed by atoms with Crippen molar-refractivity contribution in [1.82, 2.24) is 19.9 Å². The molecule has 0 amide bonds. The summed E-state index contributed by atoms with van der Waals surface area (Å²) >= 11 is 0. The number of rotatable bonds is 6. The van der Waals surface area contributed by atoms with Crippen molar-refractivity contribution in [2.75, 3.05) is 50.8 Å². The van der Waals surface area contributed by atoms with Crippen LogP contribution in [0.15, 0.2) is 47.0 Å². The first-order valence-corrected chi connectivity index (χ1v) is 12.5. The summed E-state index contributed by atoms with van der Waals surface area (Å²) in [7, 11) is 0. The number of nitrogens with zero attached hydrogens (tertiary/aromatic N) is 5. The van der Waals surface area contributed by atoms with Gasteiger partial charge in [-0.2, -0.15) is 0 Å². The fraction of sp³-hybridized carbons (Fsp3) is 0.538. The minimum atomic E-state index is 0.560. The summed E-state index contributed by atoms with van der Waals surface area (Å²) in [5.74, 6) is 2.33. The molecule has 1 aromatic carbocycles. The zero-order valence-electron chi connectivity index (χ0n) is 19.2. The minimum Gasteiger partial charge on any atom is -0.477 e. The van der Waals surface area contributed by atoms with Gasteiger partial charge in [-0.1, -0.05) is 23.4 Å². The van der Waals surface area contributed by atoms with Gasteiger partial charge < -0.3 is 14.2 Å². The molecule has 3 saturated heterocycles. The zero-order chi connectivity index (χ0) is 22.0. The third-order valence-corrected chi connectivity index (χ3v) is 7.50. The van der Waals surface area contributed by atoms with Gasteiger partial charge in [-0.15, -0.1) is 0 Å². The molecule has 3 aliphatic rings. The van der Waals surface area contributed by atoms with Crippen LogP contribution in [0, 0.1) is 5.92 Å². The summed E-state index contributed by atoms with van der Waals surface area (Å²) in [5, 5.41) is 5.49. The van der Waals surface area contributed by atoms with E-state index >= 15 is 0 Å². The van der Waals surface area contributed by atoms with Gasteiger partial charge in [0.15, 0.2) is 11.4 Å². The summed E-state index contributed by atoms with van der Waals surface area (Å²) in [4.78, 5) is 12.3. The lowest BCUT2D eigenvalue weighted by molar-refractivity contribution is 0.0716. The van der Waals surface area contributed by atoms with Gasteiger partial charge in [0.05, 0.1) is 17.7 Å². The second kappa shape index (κ2) is 9.31. The standard InChI is InChI=1S/C26H33N5O2/c1-2-8-24-23(7-1)26(28-33-24)31-15-14-30-16-20(10-11-22(30)18-31)19-32-25-9-5-6-21(27-25)17-29-12-3-4-13-29/h1-2,5-9,20,22H,3-4,10-19H2/t20-,22+/m1/s1. The molecule has 5 heterocycles. The van der Waals surface area contributed by atoms with Crippen LogP contribution in [0.25, 0.3) is 11.0 Å². The van der Waals surface area contributed by atoms with Crippen molar-refractivity contribution < 1.29 is 9.26 Å². The lowest BCUT2D eigenvalue weighted by Crippen LogP contribution is -2.57. The highest BCUT2D eigenvalue weighted by atomic mass is 16.5. The first kappa shape index (κ1) is 20.9. The van der Waals surface area contributed by atoms with E-state index in [4.69, 9.17) is 14.2 Å². The van der Waals surface area contributed by atoms with E-state index in [-0.39, 0.29) is 0 Å². The van der Waals surface area contributed by atoms with E-state index in [0.29, 0.717) is 12.0 Å². The van der Waals surface area contributed by atoms with Crippen molar-refractivity contribution in [3.8, 4) is 5.88 Å². The van der Waals surface area contributed by atoms with Crippen molar-refractivity contribution in [3.05, 3.63) is 48.2 Å². The number of para-hydroxylation sites is 1. The van der Waals surface area contributed by atoms with Crippen LogP contribution in [0.4, 0.5) is 5.82 Å². The Hall–Kier alpha value is -2.64. The molecule has 6 rings (SSSR count). The molecule has 7 heteroatoms. The van der Waals surface area contributed by atoms with Crippen LogP contribution in [0.2, 0.25) is 0 Å². The number of pyridine rings is 1. The number of hydrogen-bond donors (Lipinski definition) is 0. The van der Waals surface area contributed by atoms with Crippen LogP contribution in [-0.4, -0.2) is 71.9 Å². The average molecular weight is 448 g/mol. The van der Waals surface area contributed by atoms with Gasteiger partial charge in [0, 0.05) is 50.7 Å². The number of fused-ring (bicyclic) bond motifs is 2. The number of benzene rings is 1. The van der Waals surface area contributed by atoms with Crippen LogP contribution in [-0.2, 0) is 6.54 Å². The van der Waals surface area contributed by atoms with Gasteiger partial charge in [-0.05, 0) is 57.0 Å². The van der Waals surface area contributed by atoms with E-state index in [2.05, 4.69) is 44.1 Å². The molecule has 2 aromatic heterocycles. The maximum Gasteiger partial charge on any atom is 0.213 e. The molecule has 0 saturated carbocycles. The fourth-order valence-corrected chi connectivity index (χ4v) is 5.69. The summed E-state index contributed by atoms with van der Waals surface area (Å²) in [6.45, 7) is 8.24. The number of ether oxygens (including phenoxy) is 1. The van der Waals surface area contributed by atoms with Crippen molar-refractivity contribution in [3.63, 3.8) is 0 Å². The normalized spacial score (nSPS) is 24.3. The first-order chi connectivity index (χ1) is 16.3. The van der Waals surface area contributed by atoms with Gasteiger partial charge >= 0.3 is 0 Å². The maximum absolute atomic E-state index is 6.17. The molecule has 3 fully saturated rings. The maximum atomic E-state index is 6.17. The van der Waals surface area contributed by atoms with Crippen LogP contribution in [0.5, 0.6) is 5.88 Å². The highest BCUT2D eigenvalue weighted by Gasteiger charge is 2.34. The van der Waals surface area contributed by atoms with Crippen LogP contribution in [0.1, 0.15) is 31.4 Å². The van der Waals surface area contributed by atoms with Crippen molar-refractivity contribution in [2.45, 2.75) is 38.3 Å². The molecule has 7 nitrogen and oxygen atoms in total. The summed E-state index contributed by atoms with van der Waals surface area (Å²) in [6.07, 6.45) is 5.01. The minimum absolute atomic E-state index is 0.560. The zero-order valence-corrected chi connectivity index (χ0v) is 19.2. The lowest BCUT2D eigenvalue weighted by atomic mass is 9.91. The molecular formula is C26H33N5O2. The molecule has 0 spiro atoms. The SMILES string of the molecule is c1cc(CN2CCCC2)nc(OC[C@@H]2CC[C@H]3CN(c4noc5ccccc45)CCN3C2)c1. The average Bonchev–Trinajstić information content (AvgIpc) is 3.53. The van der Waals surface area contributed by atoms with Crippen molar-refractivity contribution in [1.29, 1.82) is 0 Å². The molecule has 3 aromatic rings. The van der Waals surface area contributed by atoms with E-state index in [1.54, 1.807) is 0 Å². The van der Waals surface area contributed by atoms with E-state index < -0.39 is 0 Å². The Balaban J connectivity index is 1.02. The Morgan fingerprint density at radius 1 is 0.939 bits per heavy atom. The molecule has 0 bridgehead atoms. The molecule has 0 radical (unpaired) electrons. The summed E-state index contributed by atoms with van der Waals surface area (Å²) in [6, 6.07) is 14.9. The Labute approximate surface area is 195 Å². The van der Waals surface area contributed by atoms with E-state index in [0.717, 1.165) is 67.7 Å². The first-order valence-electron chi connectivity index (χ1n) is 12.5. The second-order valence-electron chi connectivity index (χ2n) is 9.80. The molecule has 0 unspecified atom stereocenters. The number of piperidine rings is 1. The molecule has 2 atom stereocenters. The van der Waals surface area contributed by atoms with Gasteiger partial charge in [0.2, 0.25) is 5.88 Å². The highest BCUT2D eigenvalue weighted by Crippen LogP contribution is 2.31. The largest absolute Gasteiger partial charge is 0.477 e. The summed E-state index contributed by atoms with van der Waals surface area (Å²) in [5.41, 5.74) is 1.99. The Kier molecular flexibility index (Phi) is 5.91. The van der Waals surface area contributed by atoms with Crippen LogP contribution < -0.4 is 9.64 Å². The van der Waals surface area contributed by atoms with E-state index in [1.807, 2.05) is 18.2 Å². The van der Waals surface area contributed by atoms with E-state index in [1.165, 1.54) is 38.8 Å². The smallest absolute Gasteiger partial charge is 0.213 e. The number of piperazine rings is 1. The summed E-state index contributed by atoms with van der Waals surface area (Å²) < 4.78 is 11.7. The molecule has 0 aliphatic carbocycles. The molecule has 33 heavy (non-hydrogen) atoms. The Morgan fingerprint density at radius 2 is 1.85 bits per heavy atom. The Morgan fingerprint density at radius 3 is 2.79 bits per heavy atom. The highest BCUT2D eigenvalue weighted by molar-refractivity contribution is 5.88.